The van der Waals surface area contributed by atoms with Crippen LogP contribution in [-0.2, 0) is 4.74 Å². The Hall–Kier alpha value is -1.89. The van der Waals surface area contributed by atoms with E-state index in [1.165, 1.54) is 0 Å². The minimum Gasteiger partial charge on any atom is -0.390 e. The first-order chi connectivity index (χ1) is 10.7. The van der Waals surface area contributed by atoms with Crippen LogP contribution >= 0.6 is 0 Å². The van der Waals surface area contributed by atoms with Gasteiger partial charge in [0.1, 0.15) is 0 Å². The molecule has 6 nitrogen and oxygen atoms in total. The van der Waals surface area contributed by atoms with Crippen molar-refractivity contribution in [3.8, 4) is 0 Å². The van der Waals surface area contributed by atoms with Crippen molar-refractivity contribution in [1.82, 2.24) is 15.2 Å². The Bertz CT molecular complexity index is 634. The third-order valence-electron chi connectivity index (χ3n) is 3.90. The van der Waals surface area contributed by atoms with E-state index in [4.69, 9.17) is 4.74 Å². The van der Waals surface area contributed by atoms with Gasteiger partial charge in [-0.05, 0) is 12.1 Å². The molecule has 22 heavy (non-hydrogen) atoms. The lowest BCUT2D eigenvalue weighted by atomic mass is 10.1. The highest BCUT2D eigenvalue weighted by atomic mass is 16.5. The SMILES string of the molecule is O=C(NCC(O)CN1CCOCC1)c1cccc2cc[nH]c12. The molecule has 1 aromatic carbocycles. The lowest BCUT2D eigenvalue weighted by Gasteiger charge is -2.28. The number of aromatic amines is 1. The van der Waals surface area contributed by atoms with Crippen LogP contribution in [0.1, 0.15) is 10.4 Å². The van der Waals surface area contributed by atoms with Crippen molar-refractivity contribution in [3.63, 3.8) is 0 Å². The zero-order valence-corrected chi connectivity index (χ0v) is 12.4. The van der Waals surface area contributed by atoms with Gasteiger partial charge < -0.3 is 20.1 Å². The number of aliphatic hydroxyl groups is 1. The smallest absolute Gasteiger partial charge is 0.253 e. The van der Waals surface area contributed by atoms with Gasteiger partial charge in [-0.25, -0.2) is 0 Å². The van der Waals surface area contributed by atoms with Crippen molar-refractivity contribution in [2.45, 2.75) is 6.10 Å². The van der Waals surface area contributed by atoms with Crippen molar-refractivity contribution in [2.75, 3.05) is 39.4 Å². The monoisotopic (exact) mass is 303 g/mol. The first-order valence-electron chi connectivity index (χ1n) is 7.56. The lowest BCUT2D eigenvalue weighted by Crippen LogP contribution is -2.44. The Kier molecular flexibility index (Phi) is 4.72. The Labute approximate surface area is 129 Å². The number of hydrogen-bond acceptors (Lipinski definition) is 4. The molecule has 2 aromatic rings. The van der Waals surface area contributed by atoms with E-state index in [-0.39, 0.29) is 12.5 Å². The fourth-order valence-corrected chi connectivity index (χ4v) is 2.73. The summed E-state index contributed by atoms with van der Waals surface area (Å²) < 4.78 is 5.27. The van der Waals surface area contributed by atoms with E-state index in [2.05, 4.69) is 15.2 Å². The molecule has 1 aromatic heterocycles. The number of fused-ring (bicyclic) bond motifs is 1. The summed E-state index contributed by atoms with van der Waals surface area (Å²) in [7, 11) is 0. The van der Waals surface area contributed by atoms with Crippen molar-refractivity contribution in [3.05, 3.63) is 36.0 Å². The fraction of sp³-hybridized carbons (Fsp3) is 0.438. The topological polar surface area (TPSA) is 77.6 Å². The number of morpholine rings is 1. The predicted molar refractivity (Wildman–Crippen MR) is 83.9 cm³/mol. The number of aromatic nitrogens is 1. The van der Waals surface area contributed by atoms with Gasteiger partial charge in [-0.15, -0.1) is 0 Å². The zero-order chi connectivity index (χ0) is 15.4. The molecular formula is C16H21N3O3. The molecule has 118 valence electrons. The number of para-hydroxylation sites is 1. The number of ether oxygens (including phenoxy) is 1. The van der Waals surface area contributed by atoms with Crippen LogP contribution in [0, 0.1) is 0 Å². The highest BCUT2D eigenvalue weighted by molar-refractivity contribution is 6.05. The van der Waals surface area contributed by atoms with Crippen LogP contribution in [0.15, 0.2) is 30.5 Å². The van der Waals surface area contributed by atoms with Crippen LogP contribution in [0.3, 0.4) is 0 Å². The molecule has 3 rings (SSSR count). The number of hydrogen-bond donors (Lipinski definition) is 3. The Morgan fingerprint density at radius 1 is 1.36 bits per heavy atom. The third kappa shape index (κ3) is 3.47. The highest BCUT2D eigenvalue weighted by Crippen LogP contribution is 2.16. The zero-order valence-electron chi connectivity index (χ0n) is 12.4. The summed E-state index contributed by atoms with van der Waals surface area (Å²) >= 11 is 0. The van der Waals surface area contributed by atoms with E-state index >= 15 is 0 Å². The molecule has 0 saturated carbocycles. The largest absolute Gasteiger partial charge is 0.390 e. The minimum atomic E-state index is -0.579. The molecule has 1 fully saturated rings. The van der Waals surface area contributed by atoms with Crippen LogP contribution in [0.4, 0.5) is 0 Å². The number of H-pyrrole nitrogens is 1. The summed E-state index contributed by atoms with van der Waals surface area (Å²) in [5.74, 6) is -0.172. The molecule has 1 atom stereocenters. The van der Waals surface area contributed by atoms with Crippen molar-refractivity contribution < 1.29 is 14.6 Å². The number of carbonyl (C=O) groups is 1. The van der Waals surface area contributed by atoms with Gasteiger partial charge in [0.25, 0.3) is 5.91 Å². The average Bonchev–Trinajstić information content (AvgIpc) is 3.02. The van der Waals surface area contributed by atoms with Crippen molar-refractivity contribution in [1.29, 1.82) is 0 Å². The summed E-state index contributed by atoms with van der Waals surface area (Å²) in [6.45, 7) is 3.85. The van der Waals surface area contributed by atoms with Gasteiger partial charge in [0.05, 0.1) is 30.4 Å². The minimum absolute atomic E-state index is 0.172. The van der Waals surface area contributed by atoms with Crippen molar-refractivity contribution >= 4 is 16.8 Å². The number of β-amino-alcohol motifs (C(OH)–C–C–N with tert-alkyl or cyclic N) is 1. The van der Waals surface area contributed by atoms with Gasteiger partial charge in [-0.1, -0.05) is 12.1 Å². The highest BCUT2D eigenvalue weighted by Gasteiger charge is 2.16. The molecule has 1 amide bonds. The number of rotatable bonds is 5. The summed E-state index contributed by atoms with van der Waals surface area (Å²) in [5, 5.41) is 13.9. The molecule has 1 saturated heterocycles. The Morgan fingerprint density at radius 3 is 3.00 bits per heavy atom. The summed E-state index contributed by atoms with van der Waals surface area (Å²) in [4.78, 5) is 17.5. The second kappa shape index (κ2) is 6.91. The predicted octanol–water partition coefficient (Wildman–Crippen LogP) is 0.591. The number of aliphatic hydroxyl groups excluding tert-OH is 1. The molecule has 3 N–H and O–H groups in total. The second-order valence-corrected chi connectivity index (χ2v) is 5.52. The standard InChI is InChI=1S/C16H21N3O3/c20-13(11-19-6-8-22-9-7-19)10-18-16(21)14-3-1-2-12-4-5-17-15(12)14/h1-5,13,17,20H,6-11H2,(H,18,21). The molecule has 1 aliphatic rings. The molecule has 0 bridgehead atoms. The molecular weight excluding hydrogens is 282 g/mol. The maximum atomic E-state index is 12.3. The molecule has 1 unspecified atom stereocenters. The van der Waals surface area contributed by atoms with E-state index in [0.717, 1.165) is 24.0 Å². The van der Waals surface area contributed by atoms with Crippen LogP contribution in [0.2, 0.25) is 0 Å². The van der Waals surface area contributed by atoms with Gasteiger partial charge in [-0.3, -0.25) is 9.69 Å². The third-order valence-corrected chi connectivity index (χ3v) is 3.90. The average molecular weight is 303 g/mol. The van der Waals surface area contributed by atoms with Crippen LogP contribution < -0.4 is 5.32 Å². The second-order valence-electron chi connectivity index (χ2n) is 5.52. The Morgan fingerprint density at radius 2 is 2.18 bits per heavy atom. The van der Waals surface area contributed by atoms with Crippen LogP contribution in [0.5, 0.6) is 0 Å². The Balaban J connectivity index is 1.54. The van der Waals surface area contributed by atoms with E-state index in [1.54, 1.807) is 6.07 Å². The van der Waals surface area contributed by atoms with Gasteiger partial charge in [0.2, 0.25) is 0 Å². The maximum Gasteiger partial charge on any atom is 0.253 e. The maximum absolute atomic E-state index is 12.3. The molecule has 2 heterocycles. The lowest BCUT2D eigenvalue weighted by molar-refractivity contribution is 0.0149. The van der Waals surface area contributed by atoms with E-state index < -0.39 is 6.10 Å². The molecule has 0 spiro atoms. The van der Waals surface area contributed by atoms with Gasteiger partial charge in [-0.2, -0.15) is 0 Å². The fourth-order valence-electron chi connectivity index (χ4n) is 2.73. The number of amides is 1. The van der Waals surface area contributed by atoms with Gasteiger partial charge in [0.15, 0.2) is 0 Å². The first-order valence-corrected chi connectivity index (χ1v) is 7.56. The number of nitrogens with one attached hydrogen (secondary N) is 2. The summed E-state index contributed by atoms with van der Waals surface area (Å²) in [6.07, 6.45) is 1.24. The van der Waals surface area contributed by atoms with E-state index in [1.807, 2.05) is 24.4 Å². The van der Waals surface area contributed by atoms with Crippen LogP contribution in [0.25, 0.3) is 10.9 Å². The summed E-state index contributed by atoms with van der Waals surface area (Å²) in [6, 6.07) is 7.52. The van der Waals surface area contributed by atoms with Crippen molar-refractivity contribution in [2.24, 2.45) is 0 Å². The summed E-state index contributed by atoms with van der Waals surface area (Å²) in [5.41, 5.74) is 1.42. The molecule has 1 aliphatic heterocycles. The van der Waals surface area contributed by atoms with E-state index in [9.17, 15) is 9.90 Å². The molecule has 0 aliphatic carbocycles. The number of nitrogens with zero attached hydrogens (tertiary/aromatic N) is 1. The van der Waals surface area contributed by atoms with E-state index in [0.29, 0.717) is 25.3 Å². The normalized spacial score (nSPS) is 17.5. The first kappa shape index (κ1) is 15.0. The number of carbonyl (C=O) groups excluding carboxylic acids is 1. The van der Waals surface area contributed by atoms with Crippen LogP contribution in [-0.4, -0.2) is 66.4 Å². The number of benzene rings is 1. The van der Waals surface area contributed by atoms with Gasteiger partial charge >= 0.3 is 0 Å². The molecule has 6 heteroatoms. The molecule has 0 radical (unpaired) electrons. The van der Waals surface area contributed by atoms with Gasteiger partial charge in [0, 0.05) is 37.8 Å². The quantitative estimate of drug-likeness (QED) is 0.755.